The number of rotatable bonds is 2. The van der Waals surface area contributed by atoms with Crippen LogP contribution in [-0.4, -0.2) is 45.1 Å². The number of hydrogen-bond acceptors (Lipinski definition) is 4. The van der Waals surface area contributed by atoms with Crippen LogP contribution in [0.4, 0.5) is 4.79 Å². The zero-order chi connectivity index (χ0) is 18.4. The fraction of sp³-hybridized carbons (Fsp3) is 0.526. The first-order chi connectivity index (χ1) is 11.6. The number of ether oxygens (including phenoxy) is 2. The van der Waals surface area contributed by atoms with Crippen molar-refractivity contribution in [2.75, 3.05) is 6.61 Å². The topological polar surface area (TPSA) is 74.8 Å². The fourth-order valence-corrected chi connectivity index (χ4v) is 3.29. The number of aliphatic hydroxyl groups is 1. The van der Waals surface area contributed by atoms with Gasteiger partial charge in [0.2, 0.25) is 0 Å². The lowest BCUT2D eigenvalue weighted by atomic mass is 9.99. The second kappa shape index (κ2) is 6.04. The van der Waals surface area contributed by atoms with Gasteiger partial charge < -0.3 is 19.6 Å². The summed E-state index contributed by atoms with van der Waals surface area (Å²) in [5.74, 6) is 0. The van der Waals surface area contributed by atoms with Crippen LogP contribution in [0.25, 0.3) is 10.9 Å². The van der Waals surface area contributed by atoms with Crippen molar-refractivity contribution in [2.45, 2.75) is 58.1 Å². The molecule has 1 fully saturated rings. The van der Waals surface area contributed by atoms with Gasteiger partial charge in [0.15, 0.2) is 0 Å². The highest BCUT2D eigenvalue weighted by atomic mass is 16.6. The van der Waals surface area contributed by atoms with Crippen LogP contribution in [0.3, 0.4) is 0 Å². The molecule has 2 N–H and O–H groups in total. The van der Waals surface area contributed by atoms with Gasteiger partial charge in [-0.25, -0.2) is 4.79 Å². The highest BCUT2D eigenvalue weighted by Crippen LogP contribution is 2.37. The quantitative estimate of drug-likeness (QED) is 0.872. The van der Waals surface area contributed by atoms with E-state index in [4.69, 9.17) is 9.47 Å². The van der Waals surface area contributed by atoms with Crippen molar-refractivity contribution in [1.29, 1.82) is 0 Å². The molecule has 1 aromatic carbocycles. The average Bonchev–Trinajstić information content (AvgIpc) is 3.07. The molecule has 0 radical (unpaired) electrons. The van der Waals surface area contributed by atoms with Gasteiger partial charge in [-0.15, -0.1) is 0 Å². The van der Waals surface area contributed by atoms with Gasteiger partial charge in [-0.2, -0.15) is 0 Å². The Hall–Kier alpha value is -2.05. The van der Waals surface area contributed by atoms with E-state index in [0.717, 1.165) is 16.5 Å². The van der Waals surface area contributed by atoms with Crippen LogP contribution >= 0.6 is 0 Å². The zero-order valence-corrected chi connectivity index (χ0v) is 15.4. The Morgan fingerprint density at radius 1 is 1.40 bits per heavy atom. The van der Waals surface area contributed by atoms with Gasteiger partial charge in [0, 0.05) is 11.8 Å². The monoisotopic (exact) mass is 346 g/mol. The summed E-state index contributed by atoms with van der Waals surface area (Å²) < 4.78 is 11.3. The first-order valence-corrected chi connectivity index (χ1v) is 8.50. The van der Waals surface area contributed by atoms with Crippen molar-refractivity contribution in [1.82, 2.24) is 9.88 Å². The van der Waals surface area contributed by atoms with Crippen molar-refractivity contribution in [3.63, 3.8) is 0 Å². The van der Waals surface area contributed by atoms with E-state index >= 15 is 0 Å². The predicted octanol–water partition coefficient (Wildman–Crippen LogP) is 3.57. The summed E-state index contributed by atoms with van der Waals surface area (Å²) in [6, 6.07) is 7.16. The Labute approximate surface area is 147 Å². The predicted molar refractivity (Wildman–Crippen MR) is 95.2 cm³/mol. The molecule has 136 valence electrons. The summed E-state index contributed by atoms with van der Waals surface area (Å²) >= 11 is 0. The highest BCUT2D eigenvalue weighted by Gasteiger charge is 2.48. The zero-order valence-electron chi connectivity index (χ0n) is 15.4. The number of fused-ring (bicyclic) bond motifs is 1. The summed E-state index contributed by atoms with van der Waals surface area (Å²) in [6.45, 7) is 9.31. The molecule has 0 aliphatic carbocycles. The molecule has 25 heavy (non-hydrogen) atoms. The molecule has 1 saturated heterocycles. The Bertz CT molecular complexity index is 775. The minimum atomic E-state index is -0.892. The molecule has 1 aromatic heterocycles. The van der Waals surface area contributed by atoms with Crippen molar-refractivity contribution < 1.29 is 19.4 Å². The summed E-state index contributed by atoms with van der Waals surface area (Å²) in [4.78, 5) is 17.4. The normalized spacial score (nSPS) is 21.5. The van der Waals surface area contributed by atoms with Gasteiger partial charge in [0.25, 0.3) is 0 Å². The summed E-state index contributed by atoms with van der Waals surface area (Å²) in [5, 5.41) is 12.0. The molecule has 0 spiro atoms. The van der Waals surface area contributed by atoms with E-state index in [9.17, 15) is 9.90 Å². The smallest absolute Gasteiger partial charge is 0.413 e. The van der Waals surface area contributed by atoms with Crippen LogP contribution in [0.5, 0.6) is 0 Å². The molecule has 1 unspecified atom stereocenters. The van der Waals surface area contributed by atoms with Crippen LogP contribution < -0.4 is 0 Å². The van der Waals surface area contributed by atoms with E-state index in [-0.39, 0.29) is 6.61 Å². The first-order valence-electron chi connectivity index (χ1n) is 8.50. The van der Waals surface area contributed by atoms with E-state index < -0.39 is 29.6 Å². The third kappa shape index (κ3) is 3.37. The molecule has 0 saturated carbocycles. The number of aliphatic hydroxyl groups excluding tert-OH is 1. The Balaban J connectivity index is 1.94. The average molecular weight is 346 g/mol. The summed E-state index contributed by atoms with van der Waals surface area (Å²) in [5.41, 5.74) is 0.133. The van der Waals surface area contributed by atoms with Crippen LogP contribution in [-0.2, 0) is 9.47 Å². The number of aromatic amines is 1. The highest BCUT2D eigenvalue weighted by molar-refractivity contribution is 5.83. The molecular weight excluding hydrogens is 320 g/mol. The van der Waals surface area contributed by atoms with Crippen LogP contribution in [0.1, 0.15) is 46.3 Å². The van der Waals surface area contributed by atoms with Crippen LogP contribution in [0.15, 0.2) is 30.5 Å². The molecule has 1 amide bonds. The molecule has 6 heteroatoms. The number of carbonyl (C=O) groups is 1. The van der Waals surface area contributed by atoms with Crippen molar-refractivity contribution in [2.24, 2.45) is 0 Å². The number of hydrogen-bond donors (Lipinski definition) is 2. The Morgan fingerprint density at radius 2 is 2.12 bits per heavy atom. The molecule has 0 bridgehead atoms. The van der Waals surface area contributed by atoms with Crippen molar-refractivity contribution in [3.05, 3.63) is 36.0 Å². The van der Waals surface area contributed by atoms with Crippen molar-refractivity contribution in [3.8, 4) is 0 Å². The van der Waals surface area contributed by atoms with Crippen LogP contribution in [0.2, 0.25) is 0 Å². The minimum Gasteiger partial charge on any atom is -0.444 e. The molecule has 3 rings (SSSR count). The molecular formula is C19H26N2O4. The maximum Gasteiger partial charge on any atom is 0.413 e. The van der Waals surface area contributed by atoms with E-state index in [0.29, 0.717) is 0 Å². The Kier molecular flexibility index (Phi) is 4.29. The summed E-state index contributed by atoms with van der Waals surface area (Å²) in [6.07, 6.45) is 0.455. The number of aromatic nitrogens is 1. The van der Waals surface area contributed by atoms with Gasteiger partial charge >= 0.3 is 6.09 Å². The van der Waals surface area contributed by atoms with Gasteiger partial charge in [-0.1, -0.05) is 18.2 Å². The number of carbonyl (C=O) groups excluding carboxylic acids is 1. The molecule has 2 atom stereocenters. The molecule has 1 aliphatic rings. The molecule has 2 heterocycles. The van der Waals surface area contributed by atoms with Gasteiger partial charge in [0.05, 0.1) is 18.2 Å². The third-order valence-corrected chi connectivity index (χ3v) is 4.41. The first kappa shape index (κ1) is 17.8. The van der Waals surface area contributed by atoms with Gasteiger partial charge in [-0.3, -0.25) is 4.90 Å². The number of nitrogens with zero attached hydrogens (tertiary/aromatic N) is 1. The van der Waals surface area contributed by atoms with Crippen molar-refractivity contribution >= 4 is 17.0 Å². The molecule has 2 aromatic rings. The maximum atomic E-state index is 12.7. The maximum absolute atomic E-state index is 12.7. The Morgan fingerprint density at radius 3 is 2.80 bits per heavy atom. The third-order valence-electron chi connectivity index (χ3n) is 4.41. The standard InChI is InChI=1S/C19H26N2O4/c1-18(2,3)25-17(23)21-14(11-24-19(21,4)5)16(22)13-8-6-7-12-9-10-20-15(12)13/h6-10,14,16,20,22H,11H2,1-5H3/t14-,16?/m1/s1. The SMILES string of the molecule is CC(C)(C)OC(=O)N1[C@@H](C(O)c2cccc3cc[nH]c23)COC1(C)C. The number of amides is 1. The van der Waals surface area contributed by atoms with E-state index in [1.807, 2.05) is 51.2 Å². The lowest BCUT2D eigenvalue weighted by Crippen LogP contribution is -2.51. The number of benzene rings is 1. The molecule has 1 aliphatic heterocycles. The largest absolute Gasteiger partial charge is 0.444 e. The fourth-order valence-electron chi connectivity index (χ4n) is 3.29. The number of para-hydroxylation sites is 1. The minimum absolute atomic E-state index is 0.241. The number of nitrogens with one attached hydrogen (secondary N) is 1. The van der Waals surface area contributed by atoms with E-state index in [1.165, 1.54) is 4.90 Å². The second-order valence-corrected chi connectivity index (χ2v) is 7.91. The number of H-pyrrole nitrogens is 1. The lowest BCUT2D eigenvalue weighted by molar-refractivity contribution is -0.0679. The van der Waals surface area contributed by atoms with Crippen LogP contribution in [0, 0.1) is 0 Å². The van der Waals surface area contributed by atoms with Gasteiger partial charge in [-0.05, 0) is 46.1 Å². The molecule has 6 nitrogen and oxygen atoms in total. The summed E-state index contributed by atoms with van der Waals surface area (Å²) in [7, 11) is 0. The van der Waals surface area contributed by atoms with E-state index in [1.54, 1.807) is 13.8 Å². The van der Waals surface area contributed by atoms with E-state index in [2.05, 4.69) is 4.98 Å². The van der Waals surface area contributed by atoms with Gasteiger partial charge in [0.1, 0.15) is 17.4 Å². The lowest BCUT2D eigenvalue weighted by Gasteiger charge is -2.36. The second-order valence-electron chi connectivity index (χ2n) is 7.91.